The highest BCUT2D eigenvalue weighted by Gasteiger charge is 2.15. The largest absolute Gasteiger partial charge is 0.477 e. The highest BCUT2D eigenvalue weighted by Crippen LogP contribution is 2.24. The van der Waals surface area contributed by atoms with E-state index in [1.165, 1.54) is 48.6 Å². The maximum atomic E-state index is 13.9. The van der Waals surface area contributed by atoms with Gasteiger partial charge in [0.1, 0.15) is 17.1 Å². The third-order valence-electron chi connectivity index (χ3n) is 3.02. The zero-order valence-electron chi connectivity index (χ0n) is 12.3. The van der Waals surface area contributed by atoms with Crippen molar-refractivity contribution < 1.29 is 14.3 Å². The van der Waals surface area contributed by atoms with Crippen molar-refractivity contribution in [2.24, 2.45) is 0 Å². The van der Waals surface area contributed by atoms with Gasteiger partial charge in [-0.25, -0.2) is 19.2 Å². The number of carbonyl (C=O) groups is 1. The number of nitrogens with zero attached hydrogens (tertiary/aromatic N) is 5. The average molecular weight is 346 g/mol. The van der Waals surface area contributed by atoms with E-state index in [0.29, 0.717) is 10.8 Å². The zero-order valence-corrected chi connectivity index (χ0v) is 13.2. The van der Waals surface area contributed by atoms with Gasteiger partial charge in [-0.2, -0.15) is 10.2 Å². The number of rotatable bonds is 5. The van der Waals surface area contributed by atoms with Gasteiger partial charge >= 0.3 is 5.97 Å². The van der Waals surface area contributed by atoms with E-state index in [1.807, 2.05) is 0 Å². The molecule has 0 amide bonds. The van der Waals surface area contributed by atoms with Crippen molar-refractivity contribution in [2.75, 3.05) is 11.6 Å². The summed E-state index contributed by atoms with van der Waals surface area (Å²) in [6.45, 7) is 0. The second kappa shape index (κ2) is 6.62. The first-order valence-corrected chi connectivity index (χ1v) is 7.88. The number of carboxylic acid groups (broad SMARTS) is 1. The molecule has 8 nitrogen and oxygen atoms in total. The molecule has 0 bridgehead atoms. The van der Waals surface area contributed by atoms with Crippen molar-refractivity contribution in [3.05, 3.63) is 48.2 Å². The molecule has 0 saturated heterocycles. The molecular weight excluding hydrogens is 335 g/mol. The molecule has 10 heteroatoms. The summed E-state index contributed by atoms with van der Waals surface area (Å²) < 4.78 is 13.9. The highest BCUT2D eigenvalue weighted by atomic mass is 32.2. The predicted octanol–water partition coefficient (Wildman–Crippen LogP) is 2.36. The summed E-state index contributed by atoms with van der Waals surface area (Å²) in [6, 6.07) is 4.16. The summed E-state index contributed by atoms with van der Waals surface area (Å²) in [5, 5.41) is 20.3. The number of halogens is 1. The van der Waals surface area contributed by atoms with Crippen LogP contribution in [0.3, 0.4) is 0 Å². The second-order valence-corrected chi connectivity index (χ2v) is 5.31. The van der Waals surface area contributed by atoms with Gasteiger partial charge in [0.25, 0.3) is 0 Å². The Labute approximate surface area is 139 Å². The Hall–Kier alpha value is -3.01. The molecule has 0 atom stereocenters. The monoisotopic (exact) mass is 346 g/mol. The van der Waals surface area contributed by atoms with Gasteiger partial charge in [-0.05, 0) is 24.5 Å². The van der Waals surface area contributed by atoms with E-state index in [9.17, 15) is 14.3 Å². The first kappa shape index (κ1) is 15.9. The molecule has 2 heterocycles. The lowest BCUT2D eigenvalue weighted by Gasteiger charge is -2.11. The Morgan fingerprint density at radius 3 is 2.75 bits per heavy atom. The quantitative estimate of drug-likeness (QED) is 0.536. The van der Waals surface area contributed by atoms with Crippen LogP contribution in [0, 0.1) is 5.82 Å². The van der Waals surface area contributed by atoms with Crippen LogP contribution in [0.2, 0.25) is 0 Å². The summed E-state index contributed by atoms with van der Waals surface area (Å²) >= 11 is 1.28. The molecule has 0 radical (unpaired) electrons. The number of hydrogen-bond acceptors (Lipinski definition) is 7. The van der Waals surface area contributed by atoms with Crippen LogP contribution in [0.25, 0.3) is 5.69 Å². The number of hydrogen-bond donors (Lipinski definition) is 2. The second-order valence-electron chi connectivity index (χ2n) is 4.53. The minimum absolute atomic E-state index is 0.0871. The maximum Gasteiger partial charge on any atom is 0.341 e. The molecule has 3 rings (SSSR count). The van der Waals surface area contributed by atoms with Crippen molar-refractivity contribution >= 4 is 29.2 Å². The summed E-state index contributed by atoms with van der Waals surface area (Å²) in [4.78, 5) is 20.5. The van der Waals surface area contributed by atoms with Gasteiger partial charge in [0.15, 0.2) is 11.0 Å². The van der Waals surface area contributed by atoms with Gasteiger partial charge < -0.3 is 10.4 Å². The van der Waals surface area contributed by atoms with Crippen LogP contribution in [-0.4, -0.2) is 42.3 Å². The summed E-state index contributed by atoms with van der Waals surface area (Å²) in [7, 11) is 0. The smallest absolute Gasteiger partial charge is 0.341 e. The molecule has 0 aliphatic carbocycles. The molecule has 24 heavy (non-hydrogen) atoms. The molecule has 0 aliphatic heterocycles. The molecule has 0 spiro atoms. The van der Waals surface area contributed by atoms with Gasteiger partial charge in [-0.1, -0.05) is 11.8 Å². The van der Waals surface area contributed by atoms with E-state index in [4.69, 9.17) is 0 Å². The number of thioether (sulfide) groups is 1. The van der Waals surface area contributed by atoms with E-state index in [0.717, 1.165) is 4.80 Å². The molecule has 0 aliphatic rings. The fourth-order valence-corrected chi connectivity index (χ4v) is 2.28. The normalized spacial score (nSPS) is 10.6. The number of aromatic carboxylic acids is 1. The molecule has 122 valence electrons. The van der Waals surface area contributed by atoms with Gasteiger partial charge in [0.2, 0.25) is 0 Å². The predicted molar refractivity (Wildman–Crippen MR) is 85.4 cm³/mol. The van der Waals surface area contributed by atoms with Crippen molar-refractivity contribution in [3.8, 4) is 5.69 Å². The molecule has 2 N–H and O–H groups in total. The molecule has 1 aromatic carbocycles. The minimum atomic E-state index is -1.17. The van der Waals surface area contributed by atoms with Gasteiger partial charge in [-0.3, -0.25) is 0 Å². The first-order valence-electron chi connectivity index (χ1n) is 6.66. The summed E-state index contributed by atoms with van der Waals surface area (Å²) in [5.74, 6) is -1.56. The maximum absolute atomic E-state index is 13.9. The molecule has 3 aromatic rings. The van der Waals surface area contributed by atoms with Crippen LogP contribution < -0.4 is 5.32 Å². The number of anilines is 2. The van der Waals surface area contributed by atoms with E-state index >= 15 is 0 Å². The SMILES string of the molecule is CSc1ncc(C(=O)O)c(Nc2ccc(F)c(-n3nccn3)c2)n1. The fourth-order valence-electron chi connectivity index (χ4n) is 1.94. The Bertz CT molecular complexity index is 887. The number of carboxylic acids is 1. The number of benzene rings is 1. The van der Waals surface area contributed by atoms with Crippen LogP contribution in [0.4, 0.5) is 15.9 Å². The van der Waals surface area contributed by atoms with Crippen molar-refractivity contribution in [2.45, 2.75) is 5.16 Å². The third-order valence-corrected chi connectivity index (χ3v) is 3.58. The van der Waals surface area contributed by atoms with Crippen molar-refractivity contribution in [1.82, 2.24) is 25.0 Å². The van der Waals surface area contributed by atoms with Crippen LogP contribution in [0.1, 0.15) is 10.4 Å². The molecule has 0 fully saturated rings. The lowest BCUT2D eigenvalue weighted by atomic mass is 10.2. The standard InChI is InChI=1S/C14H11FN6O2S/c1-24-14-16-7-9(13(22)23)12(20-14)19-8-2-3-10(15)11(6-8)21-17-4-5-18-21/h2-7H,1H3,(H,22,23)(H,16,19,20). The lowest BCUT2D eigenvalue weighted by molar-refractivity contribution is 0.0697. The number of aromatic nitrogens is 5. The minimum Gasteiger partial charge on any atom is -0.477 e. The van der Waals surface area contributed by atoms with E-state index in [2.05, 4.69) is 25.5 Å². The number of nitrogens with one attached hydrogen (secondary N) is 1. The lowest BCUT2D eigenvalue weighted by Crippen LogP contribution is -2.08. The summed E-state index contributed by atoms with van der Waals surface area (Å²) in [5.41, 5.74) is 0.480. The summed E-state index contributed by atoms with van der Waals surface area (Å²) in [6.07, 6.45) is 5.86. The Morgan fingerprint density at radius 2 is 2.08 bits per heavy atom. The van der Waals surface area contributed by atoms with Crippen molar-refractivity contribution in [3.63, 3.8) is 0 Å². The molecular formula is C14H11FN6O2S. The fraction of sp³-hybridized carbons (Fsp3) is 0.0714. The van der Waals surface area contributed by atoms with E-state index < -0.39 is 11.8 Å². The van der Waals surface area contributed by atoms with Crippen LogP contribution >= 0.6 is 11.8 Å². The first-order chi connectivity index (χ1) is 11.6. The van der Waals surface area contributed by atoms with Crippen molar-refractivity contribution in [1.29, 1.82) is 0 Å². The molecule has 0 saturated carbocycles. The molecule has 2 aromatic heterocycles. The Morgan fingerprint density at radius 1 is 1.33 bits per heavy atom. The van der Waals surface area contributed by atoms with Crippen LogP contribution in [0.5, 0.6) is 0 Å². The molecule has 0 unspecified atom stereocenters. The van der Waals surface area contributed by atoms with E-state index in [1.54, 1.807) is 6.26 Å². The third kappa shape index (κ3) is 3.18. The Balaban J connectivity index is 2.00. The van der Waals surface area contributed by atoms with Gasteiger partial charge in [0.05, 0.1) is 12.4 Å². The highest BCUT2D eigenvalue weighted by molar-refractivity contribution is 7.98. The zero-order chi connectivity index (χ0) is 17.1. The van der Waals surface area contributed by atoms with Crippen LogP contribution in [-0.2, 0) is 0 Å². The van der Waals surface area contributed by atoms with Crippen LogP contribution in [0.15, 0.2) is 41.9 Å². The topological polar surface area (TPSA) is 106 Å². The van der Waals surface area contributed by atoms with Gasteiger partial charge in [0, 0.05) is 11.9 Å². The Kier molecular flexibility index (Phi) is 4.38. The average Bonchev–Trinajstić information content (AvgIpc) is 3.10. The van der Waals surface area contributed by atoms with E-state index in [-0.39, 0.29) is 17.1 Å². The van der Waals surface area contributed by atoms with Gasteiger partial charge in [-0.15, -0.1) is 4.80 Å².